The van der Waals surface area contributed by atoms with Crippen LogP contribution in [0.1, 0.15) is 5.56 Å². The van der Waals surface area contributed by atoms with Crippen LogP contribution in [0.4, 0.5) is 4.39 Å². The molecule has 0 unspecified atom stereocenters. The first-order valence-electron chi connectivity index (χ1n) is 2.70. The van der Waals surface area contributed by atoms with Crippen LogP contribution >= 0.6 is 27.5 Å². The molecule has 1 aromatic carbocycles. The van der Waals surface area contributed by atoms with Crippen LogP contribution < -0.4 is 0 Å². The Bertz CT molecular complexity index is 332. The van der Waals surface area contributed by atoms with E-state index >= 15 is 0 Å². The third-order valence-electron chi connectivity index (χ3n) is 1.11. The van der Waals surface area contributed by atoms with E-state index in [1.165, 1.54) is 6.07 Å². The van der Waals surface area contributed by atoms with Gasteiger partial charge in [0, 0.05) is 4.47 Å². The highest BCUT2D eigenvalue weighted by Gasteiger charge is 2.05. The SMILES string of the molecule is N#Cc1cc(F)cc(Br)c1Cl. The monoisotopic (exact) mass is 233 g/mol. The van der Waals surface area contributed by atoms with Gasteiger partial charge in [-0.2, -0.15) is 5.26 Å². The standard InChI is InChI=1S/C7H2BrClFN/c8-6-2-5(10)1-4(3-11)7(6)9/h1-2H. The number of halogens is 3. The Morgan fingerprint density at radius 1 is 1.55 bits per heavy atom. The summed E-state index contributed by atoms with van der Waals surface area (Å²) in [6.45, 7) is 0. The van der Waals surface area contributed by atoms with Gasteiger partial charge in [-0.15, -0.1) is 0 Å². The molecule has 0 atom stereocenters. The fraction of sp³-hybridized carbons (Fsp3) is 0. The van der Waals surface area contributed by atoms with Gasteiger partial charge in [0.05, 0.1) is 10.6 Å². The third-order valence-corrected chi connectivity index (χ3v) is 2.37. The van der Waals surface area contributed by atoms with Crippen LogP contribution in [0.3, 0.4) is 0 Å². The number of benzene rings is 1. The average molecular weight is 234 g/mol. The first-order valence-corrected chi connectivity index (χ1v) is 3.87. The Morgan fingerprint density at radius 3 is 2.73 bits per heavy atom. The summed E-state index contributed by atoms with van der Waals surface area (Å²) in [5, 5.41) is 8.69. The van der Waals surface area contributed by atoms with Crippen LogP contribution in [-0.2, 0) is 0 Å². The summed E-state index contributed by atoms with van der Waals surface area (Å²) in [5.74, 6) is -0.474. The second kappa shape index (κ2) is 3.21. The average Bonchev–Trinajstić information content (AvgIpc) is 1.96. The lowest BCUT2D eigenvalue weighted by molar-refractivity contribution is 0.626. The Labute approximate surface area is 76.5 Å². The Balaban J connectivity index is 3.39. The molecule has 1 aromatic rings. The summed E-state index contributed by atoms with van der Waals surface area (Å²) in [5.41, 5.74) is 0.138. The summed E-state index contributed by atoms with van der Waals surface area (Å²) >= 11 is 8.64. The van der Waals surface area contributed by atoms with Crippen molar-refractivity contribution in [2.24, 2.45) is 0 Å². The minimum atomic E-state index is -0.474. The van der Waals surface area contributed by atoms with Gasteiger partial charge in [0.1, 0.15) is 11.9 Å². The maximum absolute atomic E-state index is 12.6. The molecule has 0 aromatic heterocycles. The van der Waals surface area contributed by atoms with Crippen molar-refractivity contribution in [2.45, 2.75) is 0 Å². The Kier molecular flexibility index (Phi) is 2.48. The highest BCUT2D eigenvalue weighted by Crippen LogP contribution is 2.26. The fourth-order valence-corrected chi connectivity index (χ4v) is 1.22. The van der Waals surface area contributed by atoms with Crippen LogP contribution in [0.25, 0.3) is 0 Å². The van der Waals surface area contributed by atoms with Gasteiger partial charge in [0.2, 0.25) is 0 Å². The highest BCUT2D eigenvalue weighted by atomic mass is 79.9. The van der Waals surface area contributed by atoms with E-state index < -0.39 is 5.82 Å². The molecular weight excluding hydrogens is 232 g/mol. The molecule has 0 saturated heterocycles. The zero-order valence-electron chi connectivity index (χ0n) is 5.24. The lowest BCUT2D eigenvalue weighted by Gasteiger charge is -1.97. The molecule has 1 rings (SSSR count). The molecule has 0 saturated carbocycles. The largest absolute Gasteiger partial charge is 0.207 e. The van der Waals surface area contributed by atoms with Crippen LogP contribution in [0.2, 0.25) is 5.02 Å². The van der Waals surface area contributed by atoms with Gasteiger partial charge >= 0.3 is 0 Å². The van der Waals surface area contributed by atoms with Crippen molar-refractivity contribution in [3.8, 4) is 6.07 Å². The molecule has 0 radical (unpaired) electrons. The third kappa shape index (κ3) is 1.70. The summed E-state index contributed by atoms with van der Waals surface area (Å²) in [6.07, 6.45) is 0. The second-order valence-corrected chi connectivity index (χ2v) is 3.09. The number of nitriles is 1. The number of hydrogen-bond donors (Lipinski definition) is 0. The number of rotatable bonds is 0. The van der Waals surface area contributed by atoms with Crippen LogP contribution in [0.5, 0.6) is 0 Å². The first-order chi connectivity index (χ1) is 5.15. The number of hydrogen-bond acceptors (Lipinski definition) is 1. The van der Waals surface area contributed by atoms with E-state index in [0.717, 1.165) is 6.07 Å². The molecule has 0 aliphatic carbocycles. The van der Waals surface area contributed by atoms with Gasteiger partial charge in [0.25, 0.3) is 0 Å². The number of nitrogens with zero attached hydrogens (tertiary/aromatic N) is 1. The minimum absolute atomic E-state index is 0.138. The first kappa shape index (κ1) is 8.51. The van der Waals surface area contributed by atoms with Crippen molar-refractivity contribution in [3.05, 3.63) is 33.0 Å². The van der Waals surface area contributed by atoms with Gasteiger partial charge < -0.3 is 0 Å². The molecule has 0 heterocycles. The second-order valence-electron chi connectivity index (χ2n) is 1.86. The summed E-state index contributed by atoms with van der Waals surface area (Å²) in [7, 11) is 0. The van der Waals surface area contributed by atoms with Crippen molar-refractivity contribution < 1.29 is 4.39 Å². The van der Waals surface area contributed by atoms with E-state index in [2.05, 4.69) is 15.9 Å². The predicted molar refractivity (Wildman–Crippen MR) is 43.8 cm³/mol. The van der Waals surface area contributed by atoms with Gasteiger partial charge in [-0.1, -0.05) is 11.6 Å². The highest BCUT2D eigenvalue weighted by molar-refractivity contribution is 9.10. The zero-order chi connectivity index (χ0) is 8.43. The molecule has 0 fully saturated rings. The Morgan fingerprint density at radius 2 is 2.18 bits per heavy atom. The van der Waals surface area contributed by atoms with Crippen LogP contribution in [0.15, 0.2) is 16.6 Å². The summed E-state index contributed by atoms with van der Waals surface area (Å²) < 4.78 is 13.0. The normalized spacial score (nSPS) is 9.27. The Hall–Kier alpha value is -0.590. The molecule has 0 amide bonds. The lowest BCUT2D eigenvalue weighted by atomic mass is 10.2. The molecule has 0 spiro atoms. The maximum atomic E-state index is 12.6. The molecule has 56 valence electrons. The van der Waals surface area contributed by atoms with E-state index in [9.17, 15) is 4.39 Å². The van der Waals surface area contributed by atoms with Crippen molar-refractivity contribution >= 4 is 27.5 Å². The van der Waals surface area contributed by atoms with E-state index in [-0.39, 0.29) is 10.6 Å². The van der Waals surface area contributed by atoms with E-state index in [0.29, 0.717) is 4.47 Å². The van der Waals surface area contributed by atoms with Crippen LogP contribution in [-0.4, -0.2) is 0 Å². The molecule has 0 aliphatic rings. The fourth-order valence-electron chi connectivity index (χ4n) is 0.637. The van der Waals surface area contributed by atoms with Gasteiger partial charge in [0.15, 0.2) is 0 Å². The topological polar surface area (TPSA) is 23.8 Å². The molecule has 0 aliphatic heterocycles. The lowest BCUT2D eigenvalue weighted by Crippen LogP contribution is -1.81. The molecule has 0 bridgehead atoms. The van der Waals surface area contributed by atoms with Crippen LogP contribution in [0, 0.1) is 17.1 Å². The smallest absolute Gasteiger partial charge is 0.125 e. The molecule has 0 N–H and O–H groups in total. The molecule has 4 heteroatoms. The summed E-state index contributed by atoms with van der Waals surface area (Å²) in [4.78, 5) is 0. The predicted octanol–water partition coefficient (Wildman–Crippen LogP) is 3.11. The maximum Gasteiger partial charge on any atom is 0.125 e. The molecule has 11 heavy (non-hydrogen) atoms. The molecular formula is C7H2BrClFN. The zero-order valence-corrected chi connectivity index (χ0v) is 7.58. The van der Waals surface area contributed by atoms with Gasteiger partial charge in [-0.3, -0.25) is 0 Å². The van der Waals surface area contributed by atoms with Crippen molar-refractivity contribution in [2.75, 3.05) is 0 Å². The quantitative estimate of drug-likeness (QED) is 0.633. The van der Waals surface area contributed by atoms with Gasteiger partial charge in [-0.05, 0) is 28.1 Å². The van der Waals surface area contributed by atoms with Crippen molar-refractivity contribution in [1.29, 1.82) is 5.26 Å². The van der Waals surface area contributed by atoms with E-state index in [1.807, 2.05) is 0 Å². The minimum Gasteiger partial charge on any atom is -0.207 e. The van der Waals surface area contributed by atoms with Crippen molar-refractivity contribution in [1.82, 2.24) is 0 Å². The van der Waals surface area contributed by atoms with Crippen molar-refractivity contribution in [3.63, 3.8) is 0 Å². The van der Waals surface area contributed by atoms with E-state index in [1.54, 1.807) is 6.07 Å². The summed E-state index contributed by atoms with van der Waals surface area (Å²) in [6, 6.07) is 4.08. The van der Waals surface area contributed by atoms with Gasteiger partial charge in [-0.25, -0.2) is 4.39 Å². The molecule has 1 nitrogen and oxygen atoms in total. The van der Waals surface area contributed by atoms with E-state index in [4.69, 9.17) is 16.9 Å².